The molecule has 206 valence electrons. The van der Waals surface area contributed by atoms with Gasteiger partial charge in [0.05, 0.1) is 6.54 Å². The van der Waals surface area contributed by atoms with Crippen LogP contribution in [0.15, 0.2) is 60.0 Å². The van der Waals surface area contributed by atoms with Crippen LogP contribution in [0, 0.1) is 5.41 Å². The summed E-state index contributed by atoms with van der Waals surface area (Å²) in [6.45, 7) is 11.1. The van der Waals surface area contributed by atoms with E-state index < -0.39 is 0 Å². The van der Waals surface area contributed by atoms with Gasteiger partial charge in [-0.1, -0.05) is 19.1 Å². The van der Waals surface area contributed by atoms with E-state index in [1.54, 1.807) is 17.0 Å². The number of aromatic nitrogens is 5. The quantitative estimate of drug-likeness (QED) is 0.364. The minimum atomic E-state index is -0.155. The first-order valence-electron chi connectivity index (χ1n) is 14.3. The monoisotopic (exact) mass is 536 g/mol. The molecule has 2 saturated heterocycles. The summed E-state index contributed by atoms with van der Waals surface area (Å²) in [5.41, 5.74) is 5.46. The lowest BCUT2D eigenvalue weighted by molar-refractivity contribution is 0.00132. The third kappa shape index (κ3) is 4.20. The van der Waals surface area contributed by atoms with Crippen LogP contribution in [0.2, 0.25) is 0 Å². The first-order valence-corrected chi connectivity index (χ1v) is 14.3. The SMILES string of the molecule is C=CCn1c(=O)c2cnc(Nc3ccc(N4CCC5(CC4)CN(C)C5)cc3)nc2n1-c1ccc2c(n1)C(C)CC2. The zero-order chi connectivity index (χ0) is 27.4. The molecule has 4 aromatic rings. The Morgan fingerprint density at radius 2 is 1.88 bits per heavy atom. The fourth-order valence-electron chi connectivity index (χ4n) is 6.91. The fourth-order valence-corrected chi connectivity index (χ4v) is 6.91. The Hall–Kier alpha value is -3.98. The van der Waals surface area contributed by atoms with Crippen molar-refractivity contribution in [3.8, 4) is 5.82 Å². The van der Waals surface area contributed by atoms with Gasteiger partial charge in [-0.15, -0.1) is 6.58 Å². The average Bonchev–Trinajstić information content (AvgIpc) is 3.45. The van der Waals surface area contributed by atoms with Crippen LogP contribution in [-0.2, 0) is 13.0 Å². The van der Waals surface area contributed by atoms with Gasteiger partial charge in [-0.05, 0) is 80.0 Å². The predicted octanol–water partition coefficient (Wildman–Crippen LogP) is 4.49. The molecular weight excluding hydrogens is 500 g/mol. The summed E-state index contributed by atoms with van der Waals surface area (Å²) >= 11 is 0. The van der Waals surface area contributed by atoms with Crippen LogP contribution < -0.4 is 15.8 Å². The Bertz CT molecular complexity index is 1640. The molecule has 5 heterocycles. The highest BCUT2D eigenvalue weighted by Crippen LogP contribution is 2.40. The number of piperidine rings is 1. The highest BCUT2D eigenvalue weighted by Gasteiger charge is 2.43. The summed E-state index contributed by atoms with van der Waals surface area (Å²) in [6, 6.07) is 12.6. The van der Waals surface area contributed by atoms with E-state index in [1.165, 1.54) is 37.2 Å². The molecule has 1 spiro atoms. The van der Waals surface area contributed by atoms with Crippen molar-refractivity contribution in [2.45, 2.75) is 45.1 Å². The maximum atomic E-state index is 13.3. The average molecular weight is 537 g/mol. The standard InChI is InChI=1S/C31H36N8O/c1-4-15-38-29(40)25-18-32-30(35-28(25)39(38)26-12-7-22-6-5-21(2)27(22)34-26)33-23-8-10-24(11-9-23)37-16-13-31(14-17-37)19-36(3)20-31/h4,7-12,18,21H,1,5-6,13-17,19-20H2,2-3H3,(H,32,33,35). The number of nitrogens with one attached hydrogen (secondary N) is 1. The van der Waals surface area contributed by atoms with Crippen molar-refractivity contribution in [2.24, 2.45) is 5.41 Å². The zero-order valence-electron chi connectivity index (χ0n) is 23.3. The predicted molar refractivity (Wildman–Crippen MR) is 159 cm³/mol. The normalized spacial score (nSPS) is 20.1. The summed E-state index contributed by atoms with van der Waals surface area (Å²) in [6.07, 6.45) is 7.99. The van der Waals surface area contributed by atoms with Crippen LogP contribution >= 0.6 is 0 Å². The Kier molecular flexibility index (Phi) is 6.00. The number of nitrogens with zero attached hydrogens (tertiary/aromatic N) is 7. The molecule has 1 aromatic carbocycles. The topological polar surface area (TPSA) is 84.1 Å². The maximum absolute atomic E-state index is 13.3. The van der Waals surface area contributed by atoms with Gasteiger partial charge in [0, 0.05) is 49.4 Å². The van der Waals surface area contributed by atoms with E-state index in [1.807, 2.05) is 10.7 Å². The highest BCUT2D eigenvalue weighted by atomic mass is 16.1. The molecule has 3 aliphatic rings. The number of hydrogen-bond donors (Lipinski definition) is 1. The minimum absolute atomic E-state index is 0.155. The van der Waals surface area contributed by atoms with Gasteiger partial charge in [-0.25, -0.2) is 19.3 Å². The highest BCUT2D eigenvalue weighted by molar-refractivity contribution is 5.77. The molecule has 1 aliphatic carbocycles. The summed E-state index contributed by atoms with van der Waals surface area (Å²) < 4.78 is 3.44. The molecule has 1 atom stereocenters. The van der Waals surface area contributed by atoms with E-state index in [0.29, 0.717) is 40.7 Å². The van der Waals surface area contributed by atoms with Gasteiger partial charge >= 0.3 is 0 Å². The first kappa shape index (κ1) is 25.0. The van der Waals surface area contributed by atoms with Crippen molar-refractivity contribution in [1.82, 2.24) is 29.2 Å². The third-order valence-electron chi connectivity index (χ3n) is 9.03. The number of aryl methyl sites for hydroxylation is 1. The van der Waals surface area contributed by atoms with E-state index in [4.69, 9.17) is 9.97 Å². The molecule has 1 unspecified atom stereocenters. The Labute approximate surface area is 234 Å². The second-order valence-electron chi connectivity index (χ2n) is 11.9. The number of hydrogen-bond acceptors (Lipinski definition) is 7. The number of rotatable bonds is 6. The number of benzene rings is 1. The third-order valence-corrected chi connectivity index (χ3v) is 9.03. The summed E-state index contributed by atoms with van der Waals surface area (Å²) in [4.78, 5) is 32.5. The lowest BCUT2D eigenvalue weighted by Gasteiger charge is -2.53. The molecule has 0 amide bonds. The first-order chi connectivity index (χ1) is 19.4. The maximum Gasteiger partial charge on any atom is 0.278 e. The Morgan fingerprint density at radius 1 is 1.10 bits per heavy atom. The molecule has 40 heavy (non-hydrogen) atoms. The molecular formula is C31H36N8O. The van der Waals surface area contributed by atoms with Crippen molar-refractivity contribution in [2.75, 3.05) is 43.4 Å². The molecule has 9 heteroatoms. The van der Waals surface area contributed by atoms with E-state index >= 15 is 0 Å². The minimum Gasteiger partial charge on any atom is -0.371 e. The molecule has 0 bridgehead atoms. The van der Waals surface area contributed by atoms with Gasteiger partial charge in [0.2, 0.25) is 5.95 Å². The van der Waals surface area contributed by atoms with E-state index in [9.17, 15) is 4.79 Å². The van der Waals surface area contributed by atoms with E-state index in [0.717, 1.165) is 37.3 Å². The molecule has 0 radical (unpaired) electrons. The second-order valence-corrected chi connectivity index (χ2v) is 11.9. The van der Waals surface area contributed by atoms with Crippen LogP contribution in [0.4, 0.5) is 17.3 Å². The lowest BCUT2D eigenvalue weighted by Crippen LogP contribution is -2.58. The molecule has 7 rings (SSSR count). The van der Waals surface area contributed by atoms with Crippen LogP contribution in [0.25, 0.3) is 16.9 Å². The molecule has 2 fully saturated rings. The van der Waals surface area contributed by atoms with Gasteiger partial charge in [0.15, 0.2) is 11.5 Å². The molecule has 2 aliphatic heterocycles. The van der Waals surface area contributed by atoms with E-state index in [-0.39, 0.29) is 5.56 Å². The number of anilines is 3. The summed E-state index contributed by atoms with van der Waals surface area (Å²) in [5, 5.41) is 3.80. The number of pyridine rings is 1. The number of likely N-dealkylation sites (tertiary alicyclic amines) is 1. The van der Waals surface area contributed by atoms with Crippen molar-refractivity contribution < 1.29 is 0 Å². The molecule has 1 N–H and O–H groups in total. The number of fused-ring (bicyclic) bond motifs is 2. The Balaban J connectivity index is 1.16. The van der Waals surface area contributed by atoms with Crippen molar-refractivity contribution in [3.63, 3.8) is 0 Å². The largest absolute Gasteiger partial charge is 0.371 e. The van der Waals surface area contributed by atoms with Gasteiger partial charge < -0.3 is 15.1 Å². The van der Waals surface area contributed by atoms with Crippen LogP contribution in [0.3, 0.4) is 0 Å². The lowest BCUT2D eigenvalue weighted by atomic mass is 9.72. The smallest absolute Gasteiger partial charge is 0.278 e. The summed E-state index contributed by atoms with van der Waals surface area (Å²) in [5.74, 6) is 1.53. The van der Waals surface area contributed by atoms with Gasteiger partial charge in [0.25, 0.3) is 5.56 Å². The zero-order valence-corrected chi connectivity index (χ0v) is 23.3. The van der Waals surface area contributed by atoms with Crippen molar-refractivity contribution in [3.05, 3.63) is 76.9 Å². The number of allylic oxidation sites excluding steroid dienone is 1. The van der Waals surface area contributed by atoms with Crippen LogP contribution in [-0.4, -0.2) is 62.4 Å². The van der Waals surface area contributed by atoms with E-state index in [2.05, 4.69) is 71.0 Å². The second kappa shape index (κ2) is 9.59. The van der Waals surface area contributed by atoms with Gasteiger partial charge in [0.1, 0.15) is 5.39 Å². The van der Waals surface area contributed by atoms with Crippen molar-refractivity contribution in [1.29, 1.82) is 0 Å². The van der Waals surface area contributed by atoms with Gasteiger partial charge in [-0.3, -0.25) is 4.79 Å². The molecule has 0 saturated carbocycles. The fraction of sp³-hybridized carbons (Fsp3) is 0.419. The van der Waals surface area contributed by atoms with Crippen LogP contribution in [0.5, 0.6) is 0 Å². The molecule has 9 nitrogen and oxygen atoms in total. The molecule has 3 aromatic heterocycles. The van der Waals surface area contributed by atoms with Crippen molar-refractivity contribution >= 4 is 28.4 Å². The summed E-state index contributed by atoms with van der Waals surface area (Å²) in [7, 11) is 2.21. The Morgan fingerprint density at radius 3 is 2.60 bits per heavy atom. The van der Waals surface area contributed by atoms with Gasteiger partial charge in [-0.2, -0.15) is 4.98 Å². The van der Waals surface area contributed by atoms with Crippen LogP contribution in [0.1, 0.15) is 43.4 Å².